The normalized spacial score (nSPS) is 13.2. The van der Waals surface area contributed by atoms with Gasteiger partial charge in [0.25, 0.3) is 5.91 Å². The fourth-order valence-corrected chi connectivity index (χ4v) is 2.58. The monoisotopic (exact) mass is 359 g/mol. The minimum atomic E-state index is -0.331. The molecule has 0 spiro atoms. The van der Waals surface area contributed by atoms with Gasteiger partial charge in [-0.2, -0.15) is 0 Å². The Labute approximate surface area is 151 Å². The topological polar surface area (TPSA) is 93.9 Å². The highest BCUT2D eigenvalue weighted by atomic mass is 16.5. The summed E-state index contributed by atoms with van der Waals surface area (Å²) in [4.78, 5) is 26.8. The standard InChI is InChI=1S/C18H21N3O5/c1-24-14-7-13(8-15(9-14)25-2)18(23)21(10-12-3-4-12)11-17(22)19-16-5-6-26-20-16/h5-9,12H,3-4,10-11H2,1-2H3,(H,19,20,22). The third kappa shape index (κ3) is 4.53. The van der Waals surface area contributed by atoms with Crippen LogP contribution in [0.25, 0.3) is 0 Å². The summed E-state index contributed by atoms with van der Waals surface area (Å²) >= 11 is 0. The van der Waals surface area contributed by atoms with Crippen LogP contribution in [0.4, 0.5) is 5.82 Å². The zero-order valence-electron chi connectivity index (χ0n) is 14.7. The number of rotatable bonds is 8. The lowest BCUT2D eigenvalue weighted by Gasteiger charge is -2.22. The van der Waals surface area contributed by atoms with Crippen LogP contribution in [-0.4, -0.2) is 49.2 Å². The third-order valence-corrected chi connectivity index (χ3v) is 4.10. The Morgan fingerprint density at radius 1 is 1.23 bits per heavy atom. The van der Waals surface area contributed by atoms with Gasteiger partial charge in [-0.15, -0.1) is 0 Å². The van der Waals surface area contributed by atoms with E-state index in [1.54, 1.807) is 23.1 Å². The van der Waals surface area contributed by atoms with Crippen molar-refractivity contribution in [3.63, 3.8) is 0 Å². The number of amides is 2. The van der Waals surface area contributed by atoms with Crippen molar-refractivity contribution in [2.24, 2.45) is 5.92 Å². The number of hydrogen-bond donors (Lipinski definition) is 1. The molecule has 0 radical (unpaired) electrons. The van der Waals surface area contributed by atoms with Gasteiger partial charge >= 0.3 is 0 Å². The van der Waals surface area contributed by atoms with E-state index in [1.165, 1.54) is 26.5 Å². The van der Waals surface area contributed by atoms with E-state index in [0.29, 0.717) is 35.3 Å². The van der Waals surface area contributed by atoms with E-state index in [-0.39, 0.29) is 18.4 Å². The number of hydrogen-bond acceptors (Lipinski definition) is 6. The zero-order chi connectivity index (χ0) is 18.5. The molecule has 1 saturated carbocycles. The molecule has 0 aliphatic heterocycles. The van der Waals surface area contributed by atoms with Crippen molar-refractivity contribution in [1.29, 1.82) is 0 Å². The molecule has 0 atom stereocenters. The SMILES string of the molecule is COc1cc(OC)cc(C(=O)N(CC(=O)Nc2ccon2)CC2CC2)c1. The van der Waals surface area contributed by atoms with Crippen molar-refractivity contribution in [1.82, 2.24) is 10.1 Å². The molecule has 26 heavy (non-hydrogen) atoms. The molecule has 1 aliphatic rings. The molecule has 3 rings (SSSR count). The minimum Gasteiger partial charge on any atom is -0.497 e. The fraction of sp³-hybridized carbons (Fsp3) is 0.389. The smallest absolute Gasteiger partial charge is 0.254 e. The molecule has 1 fully saturated rings. The molecule has 138 valence electrons. The van der Waals surface area contributed by atoms with E-state index in [1.807, 2.05) is 0 Å². The highest BCUT2D eigenvalue weighted by molar-refractivity contribution is 5.99. The van der Waals surface area contributed by atoms with Crippen LogP contribution >= 0.6 is 0 Å². The summed E-state index contributed by atoms with van der Waals surface area (Å²) in [6, 6.07) is 6.51. The molecule has 8 heteroatoms. The number of carbonyl (C=O) groups is 2. The van der Waals surface area contributed by atoms with Crippen molar-refractivity contribution in [3.8, 4) is 11.5 Å². The van der Waals surface area contributed by atoms with Gasteiger partial charge in [0.15, 0.2) is 5.82 Å². The van der Waals surface area contributed by atoms with Gasteiger partial charge in [-0.25, -0.2) is 0 Å². The predicted octanol–water partition coefficient (Wildman–Crippen LogP) is 2.18. The van der Waals surface area contributed by atoms with Gasteiger partial charge in [0.1, 0.15) is 24.3 Å². The average Bonchev–Trinajstić information content (AvgIpc) is 3.33. The molecule has 1 aliphatic carbocycles. The first kappa shape index (κ1) is 17.8. The third-order valence-electron chi connectivity index (χ3n) is 4.10. The van der Waals surface area contributed by atoms with Crippen molar-refractivity contribution < 1.29 is 23.6 Å². The average molecular weight is 359 g/mol. The summed E-state index contributed by atoms with van der Waals surface area (Å²) in [6.45, 7) is 0.465. The predicted molar refractivity (Wildman–Crippen MR) is 93.3 cm³/mol. The molecule has 1 aromatic carbocycles. The second-order valence-corrected chi connectivity index (χ2v) is 6.16. The van der Waals surface area contributed by atoms with E-state index in [9.17, 15) is 9.59 Å². The maximum absolute atomic E-state index is 13.0. The lowest BCUT2D eigenvalue weighted by atomic mass is 10.1. The Bertz CT molecular complexity index is 749. The summed E-state index contributed by atoms with van der Waals surface area (Å²) in [5, 5.41) is 6.25. The second kappa shape index (κ2) is 7.90. The summed E-state index contributed by atoms with van der Waals surface area (Å²) in [6.07, 6.45) is 3.50. The number of carbonyl (C=O) groups excluding carboxylic acids is 2. The van der Waals surface area contributed by atoms with Gasteiger partial charge in [0.2, 0.25) is 5.91 Å². The van der Waals surface area contributed by atoms with E-state index in [0.717, 1.165) is 12.8 Å². The molecule has 1 N–H and O–H groups in total. The van der Waals surface area contributed by atoms with Crippen molar-refractivity contribution in [2.75, 3.05) is 32.6 Å². The number of nitrogens with zero attached hydrogens (tertiary/aromatic N) is 2. The van der Waals surface area contributed by atoms with Crippen LogP contribution in [0.3, 0.4) is 0 Å². The Hall–Kier alpha value is -3.03. The lowest BCUT2D eigenvalue weighted by molar-refractivity contribution is -0.117. The van der Waals surface area contributed by atoms with Crippen LogP contribution in [0.2, 0.25) is 0 Å². The maximum Gasteiger partial charge on any atom is 0.254 e. The number of ether oxygens (including phenoxy) is 2. The molecule has 8 nitrogen and oxygen atoms in total. The van der Waals surface area contributed by atoms with Crippen molar-refractivity contribution in [2.45, 2.75) is 12.8 Å². The molecule has 0 saturated heterocycles. The van der Waals surface area contributed by atoms with Gasteiger partial charge in [0.05, 0.1) is 14.2 Å². The van der Waals surface area contributed by atoms with Crippen LogP contribution in [0.1, 0.15) is 23.2 Å². The van der Waals surface area contributed by atoms with Gasteiger partial charge in [-0.3, -0.25) is 9.59 Å². The molecular formula is C18H21N3O5. The molecular weight excluding hydrogens is 338 g/mol. The number of aromatic nitrogens is 1. The van der Waals surface area contributed by atoms with Gasteiger partial charge < -0.3 is 24.2 Å². The van der Waals surface area contributed by atoms with Crippen LogP contribution in [-0.2, 0) is 4.79 Å². The van der Waals surface area contributed by atoms with Crippen LogP contribution < -0.4 is 14.8 Å². The molecule has 2 aromatic rings. The number of methoxy groups -OCH3 is 2. The molecule has 1 heterocycles. The van der Waals surface area contributed by atoms with Crippen molar-refractivity contribution >= 4 is 17.6 Å². The Balaban J connectivity index is 1.75. The molecule has 2 amide bonds. The summed E-state index contributed by atoms with van der Waals surface area (Å²) in [7, 11) is 3.05. The van der Waals surface area contributed by atoms with Crippen LogP contribution in [0.15, 0.2) is 35.1 Å². The maximum atomic E-state index is 13.0. The highest BCUT2D eigenvalue weighted by Gasteiger charge is 2.29. The van der Waals surface area contributed by atoms with Gasteiger partial charge in [-0.05, 0) is 30.9 Å². The zero-order valence-corrected chi connectivity index (χ0v) is 14.7. The first-order chi connectivity index (χ1) is 12.6. The number of benzene rings is 1. The van der Waals surface area contributed by atoms with E-state index in [2.05, 4.69) is 15.0 Å². The Morgan fingerprint density at radius 2 is 1.92 bits per heavy atom. The van der Waals surface area contributed by atoms with Gasteiger partial charge in [0, 0.05) is 24.2 Å². The summed E-state index contributed by atoms with van der Waals surface area (Å²) in [5.74, 6) is 1.22. The summed E-state index contributed by atoms with van der Waals surface area (Å²) in [5.41, 5.74) is 0.413. The number of anilines is 1. The Morgan fingerprint density at radius 3 is 2.46 bits per heavy atom. The summed E-state index contributed by atoms with van der Waals surface area (Å²) < 4.78 is 15.1. The lowest BCUT2D eigenvalue weighted by Crippen LogP contribution is -2.39. The second-order valence-electron chi connectivity index (χ2n) is 6.16. The van der Waals surface area contributed by atoms with Crippen LogP contribution in [0.5, 0.6) is 11.5 Å². The van der Waals surface area contributed by atoms with Crippen molar-refractivity contribution in [3.05, 3.63) is 36.1 Å². The Kier molecular flexibility index (Phi) is 5.40. The van der Waals surface area contributed by atoms with E-state index < -0.39 is 0 Å². The quantitative estimate of drug-likeness (QED) is 0.776. The van der Waals surface area contributed by atoms with E-state index in [4.69, 9.17) is 9.47 Å². The number of nitrogens with one attached hydrogen (secondary N) is 1. The molecule has 0 unspecified atom stereocenters. The van der Waals surface area contributed by atoms with Crippen LogP contribution in [0, 0.1) is 5.92 Å². The van der Waals surface area contributed by atoms with E-state index >= 15 is 0 Å². The first-order valence-corrected chi connectivity index (χ1v) is 8.31. The largest absolute Gasteiger partial charge is 0.497 e. The highest BCUT2D eigenvalue weighted by Crippen LogP contribution is 2.31. The molecule has 1 aromatic heterocycles. The first-order valence-electron chi connectivity index (χ1n) is 8.31. The van der Waals surface area contributed by atoms with Gasteiger partial charge in [-0.1, -0.05) is 5.16 Å². The fourth-order valence-electron chi connectivity index (χ4n) is 2.58. The molecule has 0 bridgehead atoms. The minimum absolute atomic E-state index is 0.0677.